The molecule has 0 bridgehead atoms. The Morgan fingerprint density at radius 2 is 1.18 bits per heavy atom. The van der Waals surface area contributed by atoms with Gasteiger partial charge in [-0.1, -0.05) is 18.2 Å². The second kappa shape index (κ2) is 16.7. The molecule has 0 spiro atoms. The van der Waals surface area contributed by atoms with Gasteiger partial charge in [0.05, 0.1) is 50.2 Å². The Morgan fingerprint density at radius 3 is 1.78 bits per heavy atom. The number of nitrogens with two attached hydrogens (primary N) is 1. The first-order valence-corrected chi connectivity index (χ1v) is 17.0. The molecular weight excluding hydrogens is 732 g/mol. The molecule has 21 heteroatoms. The van der Waals surface area contributed by atoms with Crippen LogP contribution in [0.2, 0.25) is 0 Å². The molecule has 0 aliphatic carbocycles. The predicted octanol–water partition coefficient (Wildman–Crippen LogP) is -3.55. The molecule has 0 heterocycles. The van der Waals surface area contributed by atoms with Gasteiger partial charge in [0, 0.05) is 27.6 Å². The van der Waals surface area contributed by atoms with Crippen molar-refractivity contribution >= 4 is 80.3 Å². The molecule has 238 valence electrons. The summed E-state index contributed by atoms with van der Waals surface area (Å²) in [5.74, 6) is 0.368. The van der Waals surface area contributed by atoms with Crippen LogP contribution in [-0.2, 0) is 30.4 Å². The molecule has 0 saturated carbocycles. The molecule has 49 heavy (non-hydrogen) atoms. The summed E-state index contributed by atoms with van der Waals surface area (Å²) >= 11 is 0. The first kappa shape index (κ1) is 43.3. The number of methoxy groups -OCH3 is 1. The van der Waals surface area contributed by atoms with E-state index in [0.29, 0.717) is 22.7 Å². The number of azo groups is 2. The van der Waals surface area contributed by atoms with Crippen molar-refractivity contribution in [1.29, 1.82) is 0 Å². The van der Waals surface area contributed by atoms with Crippen molar-refractivity contribution in [1.82, 2.24) is 0 Å². The molecule has 0 aliphatic heterocycles. The molecule has 5 rings (SSSR count). The van der Waals surface area contributed by atoms with Crippen molar-refractivity contribution in [3.05, 3.63) is 78.4 Å². The van der Waals surface area contributed by atoms with Gasteiger partial charge in [-0.05, 0) is 61.0 Å². The SMILES string of the molecule is COc1cc(N=Nc2ccc(N=Nc3cc(S(=O)(=O)[O-])c4cccc(S(=O)(=O)[O-])c4c3)c3cc(S(=O)(=O)[O-])ccc23)c(C)cc1N.[Na+].[Na+].[Na+]. The van der Waals surface area contributed by atoms with Gasteiger partial charge in [0.1, 0.15) is 36.1 Å². The van der Waals surface area contributed by atoms with Crippen LogP contribution < -0.4 is 99.1 Å². The van der Waals surface area contributed by atoms with E-state index in [-0.39, 0.29) is 127 Å². The van der Waals surface area contributed by atoms with Crippen molar-refractivity contribution in [2.45, 2.75) is 21.6 Å². The molecule has 5 aromatic rings. The average Bonchev–Trinajstić information content (AvgIpc) is 2.97. The number of anilines is 1. The van der Waals surface area contributed by atoms with Crippen LogP contribution in [0.15, 0.2) is 108 Å². The molecule has 2 N–H and O–H groups in total. The maximum atomic E-state index is 12.0. The van der Waals surface area contributed by atoms with Crippen LogP contribution >= 0.6 is 0 Å². The number of nitrogens with zero attached hydrogens (tertiary/aromatic N) is 4. The molecular formula is C28H20N5Na3O10S3. The van der Waals surface area contributed by atoms with E-state index in [1.807, 2.05) is 0 Å². The minimum absolute atomic E-state index is 0. The van der Waals surface area contributed by atoms with Crippen molar-refractivity contribution in [3.8, 4) is 5.75 Å². The summed E-state index contributed by atoms with van der Waals surface area (Å²) in [7, 11) is -13.8. The molecule has 0 unspecified atom stereocenters. The Bertz CT molecular complexity index is 2480. The summed E-state index contributed by atoms with van der Waals surface area (Å²) in [6, 6.07) is 14.6. The fourth-order valence-electron chi connectivity index (χ4n) is 4.62. The number of benzene rings is 5. The van der Waals surface area contributed by atoms with E-state index in [9.17, 15) is 38.9 Å². The summed E-state index contributed by atoms with van der Waals surface area (Å²) in [4.78, 5) is -2.23. The number of aryl methyl sites for hydroxylation is 1. The van der Waals surface area contributed by atoms with Crippen molar-refractivity contribution < 1.29 is 132 Å². The van der Waals surface area contributed by atoms with Crippen molar-refractivity contribution in [3.63, 3.8) is 0 Å². The second-order valence-electron chi connectivity index (χ2n) is 9.75. The van der Waals surface area contributed by atoms with Crippen LogP contribution in [0.4, 0.5) is 28.4 Å². The zero-order valence-corrected chi connectivity index (χ0v) is 35.1. The van der Waals surface area contributed by atoms with Crippen LogP contribution in [-0.4, -0.2) is 46.0 Å². The summed E-state index contributed by atoms with van der Waals surface area (Å²) in [5.41, 5.74) is 7.30. The third kappa shape index (κ3) is 9.73. The smallest absolute Gasteiger partial charge is 0.744 e. The molecule has 0 fully saturated rings. The first-order chi connectivity index (χ1) is 21.5. The van der Waals surface area contributed by atoms with Crippen LogP contribution in [0.5, 0.6) is 5.75 Å². The van der Waals surface area contributed by atoms with E-state index in [0.717, 1.165) is 42.5 Å². The molecule has 5 aromatic carbocycles. The second-order valence-corrected chi connectivity index (χ2v) is 13.8. The van der Waals surface area contributed by atoms with E-state index in [1.165, 1.54) is 25.3 Å². The quantitative estimate of drug-likeness (QED) is 0.0703. The Balaban J connectivity index is 0.00000278. The monoisotopic (exact) mass is 751 g/mol. The van der Waals surface area contributed by atoms with Crippen molar-refractivity contribution in [2.24, 2.45) is 20.5 Å². The number of hydrogen-bond acceptors (Lipinski definition) is 15. The van der Waals surface area contributed by atoms with Gasteiger partial charge >= 0.3 is 88.7 Å². The maximum absolute atomic E-state index is 12.0. The van der Waals surface area contributed by atoms with E-state index in [2.05, 4.69) is 20.5 Å². The van der Waals surface area contributed by atoms with E-state index >= 15 is 0 Å². The van der Waals surface area contributed by atoms with Gasteiger partial charge in [-0.2, -0.15) is 10.2 Å². The molecule has 0 saturated heterocycles. The van der Waals surface area contributed by atoms with E-state index in [1.54, 1.807) is 19.1 Å². The molecule has 15 nitrogen and oxygen atoms in total. The van der Waals surface area contributed by atoms with E-state index in [4.69, 9.17) is 10.5 Å². The third-order valence-corrected chi connectivity index (χ3v) is 9.36. The molecule has 0 aliphatic rings. The largest absolute Gasteiger partial charge is 1.00 e. The Hall–Kier alpha value is -1.85. The van der Waals surface area contributed by atoms with Crippen LogP contribution in [0.25, 0.3) is 21.5 Å². The number of nitrogen functional groups attached to an aromatic ring is 1. The zero-order valence-electron chi connectivity index (χ0n) is 26.6. The topological polar surface area (TPSA) is 256 Å². The Morgan fingerprint density at radius 1 is 0.592 bits per heavy atom. The molecule has 0 amide bonds. The summed E-state index contributed by atoms with van der Waals surface area (Å²) < 4.78 is 112. The van der Waals surface area contributed by atoms with Crippen molar-refractivity contribution in [2.75, 3.05) is 12.8 Å². The van der Waals surface area contributed by atoms with Gasteiger partial charge < -0.3 is 24.1 Å². The van der Waals surface area contributed by atoms with Gasteiger partial charge in [0.15, 0.2) is 0 Å². The zero-order chi connectivity index (χ0) is 33.6. The number of rotatable bonds is 8. The number of hydrogen-bond donors (Lipinski definition) is 1. The normalized spacial score (nSPS) is 12.1. The molecule has 0 radical (unpaired) electrons. The van der Waals surface area contributed by atoms with Crippen LogP contribution in [0, 0.1) is 6.92 Å². The van der Waals surface area contributed by atoms with Gasteiger partial charge in [0.25, 0.3) is 0 Å². The maximum Gasteiger partial charge on any atom is 1.00 e. The number of fused-ring (bicyclic) bond motifs is 2. The summed E-state index contributed by atoms with van der Waals surface area (Å²) in [5, 5.41) is 16.2. The average molecular weight is 752 g/mol. The summed E-state index contributed by atoms with van der Waals surface area (Å²) in [6.45, 7) is 1.75. The standard InChI is InChI=1S/C28H23N5O10S3.3Na/c1-15-10-22(29)26(43-2)14-25(15)33-32-23-8-9-24(20-13-17(44(34,35)36)6-7-18(20)23)31-30-16-11-21-19(28(12-16)46(40,41)42)4-3-5-27(21)45(37,38)39;;;/h3-14H,29H2,1-2H3,(H,34,35,36)(H,37,38,39)(H,40,41,42);;;/q;3*+1/p-3. The van der Waals surface area contributed by atoms with Gasteiger partial charge in [0.2, 0.25) is 0 Å². The first-order valence-electron chi connectivity index (χ1n) is 12.8. The predicted molar refractivity (Wildman–Crippen MR) is 162 cm³/mol. The molecule has 0 atom stereocenters. The van der Waals surface area contributed by atoms with Crippen LogP contribution in [0.1, 0.15) is 5.56 Å². The minimum Gasteiger partial charge on any atom is -0.744 e. The van der Waals surface area contributed by atoms with Gasteiger partial charge in [-0.15, -0.1) is 10.2 Å². The number of ether oxygens (including phenoxy) is 1. The Labute approximate surface area is 347 Å². The van der Waals surface area contributed by atoms with Gasteiger partial charge in [-0.25, -0.2) is 25.3 Å². The minimum atomic E-state index is -5.19. The van der Waals surface area contributed by atoms with E-state index < -0.39 is 45.0 Å². The third-order valence-electron chi connectivity index (χ3n) is 6.76. The summed E-state index contributed by atoms with van der Waals surface area (Å²) in [6.07, 6.45) is 0. The fraction of sp³-hybridized carbons (Fsp3) is 0.0714. The Kier molecular flexibility index (Phi) is 14.7. The molecule has 0 aromatic heterocycles. The fourth-order valence-corrected chi connectivity index (χ4v) is 6.51. The van der Waals surface area contributed by atoms with Gasteiger partial charge in [-0.3, -0.25) is 0 Å². The van der Waals surface area contributed by atoms with Crippen LogP contribution in [0.3, 0.4) is 0 Å².